The van der Waals surface area contributed by atoms with Crippen LogP contribution in [0.25, 0.3) is 0 Å². The normalized spacial score (nSPS) is 12.7. The molecule has 1 atom stereocenters. The maximum absolute atomic E-state index is 5.99. The van der Waals surface area contributed by atoms with Gasteiger partial charge in [-0.3, -0.25) is 0 Å². The highest BCUT2D eigenvalue weighted by Gasteiger charge is 2.09. The first-order valence-electron chi connectivity index (χ1n) is 7.40. The summed E-state index contributed by atoms with van der Waals surface area (Å²) in [5, 5.41) is 3.12. The van der Waals surface area contributed by atoms with E-state index in [1.54, 1.807) is 11.3 Å². The molecule has 0 saturated heterocycles. The summed E-state index contributed by atoms with van der Waals surface area (Å²) in [4.78, 5) is 4.53. The lowest BCUT2D eigenvalue weighted by molar-refractivity contribution is 0.317. The average molecular weight is 304 g/mol. The minimum Gasteiger partial charge on any atom is -0.493 e. The van der Waals surface area contributed by atoms with Crippen LogP contribution in [0, 0.1) is 6.92 Å². The zero-order valence-electron chi connectivity index (χ0n) is 13.2. The third kappa shape index (κ3) is 4.29. The first-order chi connectivity index (χ1) is 9.97. The van der Waals surface area contributed by atoms with E-state index in [0.717, 1.165) is 22.9 Å². The van der Waals surface area contributed by atoms with Gasteiger partial charge in [-0.25, -0.2) is 4.98 Å². The number of aryl methyl sites for hydroxylation is 1. The molecule has 0 bridgehead atoms. The van der Waals surface area contributed by atoms with Crippen LogP contribution < -0.4 is 10.5 Å². The van der Waals surface area contributed by atoms with Crippen molar-refractivity contribution in [2.75, 3.05) is 6.61 Å². The predicted molar refractivity (Wildman–Crippen MR) is 89.2 cm³/mol. The second-order valence-corrected chi connectivity index (χ2v) is 6.69. The van der Waals surface area contributed by atoms with Gasteiger partial charge in [0.05, 0.1) is 17.3 Å². The molecule has 1 aromatic heterocycles. The van der Waals surface area contributed by atoms with E-state index in [1.165, 1.54) is 11.1 Å². The second-order valence-electron chi connectivity index (χ2n) is 5.75. The van der Waals surface area contributed by atoms with E-state index in [4.69, 9.17) is 10.5 Å². The van der Waals surface area contributed by atoms with E-state index in [1.807, 2.05) is 12.3 Å². The number of aromatic nitrogens is 1. The number of rotatable bonds is 6. The molecule has 0 spiro atoms. The van der Waals surface area contributed by atoms with E-state index in [9.17, 15) is 0 Å². The fraction of sp³-hybridized carbons (Fsp3) is 0.471. The van der Waals surface area contributed by atoms with Crippen LogP contribution in [0.3, 0.4) is 0 Å². The third-order valence-corrected chi connectivity index (χ3v) is 4.33. The Morgan fingerprint density at radius 2 is 2.05 bits per heavy atom. The van der Waals surface area contributed by atoms with E-state index >= 15 is 0 Å². The molecule has 21 heavy (non-hydrogen) atoms. The molecule has 0 aliphatic rings. The van der Waals surface area contributed by atoms with Gasteiger partial charge in [-0.15, -0.1) is 11.3 Å². The molecule has 1 heterocycles. The van der Waals surface area contributed by atoms with Crippen LogP contribution in [0.4, 0.5) is 0 Å². The molecule has 2 N–H and O–H groups in total. The number of benzene rings is 1. The first-order valence-corrected chi connectivity index (χ1v) is 8.28. The summed E-state index contributed by atoms with van der Waals surface area (Å²) in [5.74, 6) is 1.46. The number of ether oxygens (including phenoxy) is 1. The molecule has 2 aromatic rings. The van der Waals surface area contributed by atoms with Gasteiger partial charge in [0.1, 0.15) is 5.75 Å². The van der Waals surface area contributed by atoms with Crippen molar-refractivity contribution < 1.29 is 4.74 Å². The molecule has 4 heteroatoms. The Bertz CT molecular complexity index is 590. The Hall–Kier alpha value is -1.39. The average Bonchev–Trinajstić information content (AvgIpc) is 2.87. The van der Waals surface area contributed by atoms with E-state index in [-0.39, 0.29) is 6.04 Å². The van der Waals surface area contributed by atoms with E-state index in [2.05, 4.69) is 44.0 Å². The maximum Gasteiger partial charge on any atom is 0.123 e. The predicted octanol–water partition coefficient (Wildman–Crippen LogP) is 4.22. The summed E-state index contributed by atoms with van der Waals surface area (Å²) >= 11 is 1.66. The van der Waals surface area contributed by atoms with Crippen LogP contribution in [0.15, 0.2) is 23.6 Å². The molecule has 0 saturated carbocycles. The van der Waals surface area contributed by atoms with Crippen LogP contribution in [-0.2, 0) is 6.42 Å². The summed E-state index contributed by atoms with van der Waals surface area (Å²) < 4.78 is 5.99. The van der Waals surface area contributed by atoms with Gasteiger partial charge < -0.3 is 10.5 Å². The van der Waals surface area contributed by atoms with Crippen LogP contribution in [-0.4, -0.2) is 11.6 Å². The van der Waals surface area contributed by atoms with Gasteiger partial charge in [0.15, 0.2) is 0 Å². The highest BCUT2D eigenvalue weighted by Crippen LogP contribution is 2.27. The Balaban J connectivity index is 1.98. The highest BCUT2D eigenvalue weighted by atomic mass is 32.1. The molecular weight excluding hydrogens is 280 g/mol. The fourth-order valence-electron chi connectivity index (χ4n) is 2.14. The zero-order chi connectivity index (χ0) is 15.4. The third-order valence-electron chi connectivity index (χ3n) is 3.40. The minimum absolute atomic E-state index is 0.000218. The molecule has 1 unspecified atom stereocenters. The molecular formula is C17H24N2OS. The minimum atomic E-state index is 0.000218. The van der Waals surface area contributed by atoms with Crippen molar-refractivity contribution in [1.82, 2.24) is 4.98 Å². The molecule has 114 valence electrons. The monoisotopic (exact) mass is 304 g/mol. The summed E-state index contributed by atoms with van der Waals surface area (Å²) in [6.45, 7) is 9.07. The number of thiazole rings is 1. The van der Waals surface area contributed by atoms with Crippen molar-refractivity contribution in [3.05, 3.63) is 45.4 Å². The van der Waals surface area contributed by atoms with E-state index < -0.39 is 0 Å². The lowest BCUT2D eigenvalue weighted by Crippen LogP contribution is -2.07. The Morgan fingerprint density at radius 1 is 1.29 bits per heavy atom. The van der Waals surface area contributed by atoms with Crippen molar-refractivity contribution >= 4 is 11.3 Å². The van der Waals surface area contributed by atoms with Crippen molar-refractivity contribution in [3.63, 3.8) is 0 Å². The van der Waals surface area contributed by atoms with Crippen molar-refractivity contribution in [1.29, 1.82) is 0 Å². The SMILES string of the molecule is Cc1ccc(C(C)C)c(OCCc2nc(C(C)N)cs2)c1. The van der Waals surface area contributed by atoms with Gasteiger partial charge >= 0.3 is 0 Å². The summed E-state index contributed by atoms with van der Waals surface area (Å²) in [5.41, 5.74) is 9.28. The molecule has 1 aromatic carbocycles. The smallest absolute Gasteiger partial charge is 0.123 e. The summed E-state index contributed by atoms with van der Waals surface area (Å²) in [7, 11) is 0. The Labute approximate surface area is 131 Å². The highest BCUT2D eigenvalue weighted by molar-refractivity contribution is 7.09. The van der Waals surface area contributed by atoms with Crippen LogP contribution in [0.1, 0.15) is 54.6 Å². The quantitative estimate of drug-likeness (QED) is 0.869. The number of nitrogens with zero attached hydrogens (tertiary/aromatic N) is 1. The molecule has 0 radical (unpaired) electrons. The molecule has 2 rings (SSSR count). The largest absolute Gasteiger partial charge is 0.493 e. The van der Waals surface area contributed by atoms with Crippen LogP contribution in [0.2, 0.25) is 0 Å². The zero-order valence-corrected chi connectivity index (χ0v) is 14.0. The number of nitrogens with two attached hydrogens (primary N) is 1. The lowest BCUT2D eigenvalue weighted by atomic mass is 10.0. The second kappa shape index (κ2) is 7.05. The van der Waals surface area contributed by atoms with Gasteiger partial charge in [-0.2, -0.15) is 0 Å². The van der Waals surface area contributed by atoms with Gasteiger partial charge in [-0.05, 0) is 37.0 Å². The summed E-state index contributed by atoms with van der Waals surface area (Å²) in [6, 6.07) is 6.41. The van der Waals surface area contributed by atoms with Gasteiger partial charge in [0, 0.05) is 17.8 Å². The van der Waals surface area contributed by atoms with Crippen LogP contribution >= 0.6 is 11.3 Å². The van der Waals surface area contributed by atoms with E-state index in [0.29, 0.717) is 12.5 Å². The molecule has 0 amide bonds. The number of hydrogen-bond donors (Lipinski definition) is 1. The fourth-order valence-corrected chi connectivity index (χ4v) is 3.02. The Morgan fingerprint density at radius 3 is 2.67 bits per heavy atom. The van der Waals surface area contributed by atoms with Crippen molar-refractivity contribution in [2.45, 2.75) is 46.1 Å². The topological polar surface area (TPSA) is 48.1 Å². The van der Waals surface area contributed by atoms with Gasteiger partial charge in [0.2, 0.25) is 0 Å². The summed E-state index contributed by atoms with van der Waals surface area (Å²) in [6.07, 6.45) is 0.822. The first kappa shape index (κ1) is 16.0. The van der Waals surface area contributed by atoms with Gasteiger partial charge in [0.25, 0.3) is 0 Å². The standard InChI is InChI=1S/C17H24N2OS/c1-11(2)14-6-5-12(3)9-16(14)20-8-7-17-19-15(10-21-17)13(4)18/h5-6,9-11,13H,7-8,18H2,1-4H3. The molecule has 0 aliphatic heterocycles. The lowest BCUT2D eigenvalue weighted by Gasteiger charge is -2.14. The Kier molecular flexibility index (Phi) is 5.37. The molecule has 0 aliphatic carbocycles. The molecule has 0 fully saturated rings. The maximum atomic E-state index is 5.99. The van der Waals surface area contributed by atoms with Crippen LogP contribution in [0.5, 0.6) is 5.75 Å². The van der Waals surface area contributed by atoms with Crippen molar-refractivity contribution in [3.8, 4) is 5.75 Å². The van der Waals surface area contributed by atoms with Crippen molar-refractivity contribution in [2.24, 2.45) is 5.73 Å². The molecule has 3 nitrogen and oxygen atoms in total. The van der Waals surface area contributed by atoms with Gasteiger partial charge in [-0.1, -0.05) is 26.0 Å². The number of hydrogen-bond acceptors (Lipinski definition) is 4.